The van der Waals surface area contributed by atoms with E-state index in [4.69, 9.17) is 16.0 Å². The van der Waals surface area contributed by atoms with E-state index in [1.807, 2.05) is 0 Å². The summed E-state index contributed by atoms with van der Waals surface area (Å²) in [6.07, 6.45) is 1.42. The molecule has 110 valence electrons. The standard InChI is InChI=1S/C13H12ClN3O4/c14-10-8-9(17(19)20)3-4-11(10)15-5-6-16-13(18)12-2-1-7-21-12/h1-4,7-8,15H,5-6H2,(H,16,18). The van der Waals surface area contributed by atoms with E-state index >= 15 is 0 Å². The van der Waals surface area contributed by atoms with Gasteiger partial charge in [0, 0.05) is 25.2 Å². The van der Waals surface area contributed by atoms with Crippen molar-refractivity contribution in [2.75, 3.05) is 18.4 Å². The van der Waals surface area contributed by atoms with Gasteiger partial charge >= 0.3 is 0 Å². The van der Waals surface area contributed by atoms with Crippen molar-refractivity contribution in [1.29, 1.82) is 0 Å². The normalized spacial score (nSPS) is 10.1. The number of furan rings is 1. The van der Waals surface area contributed by atoms with Crippen molar-refractivity contribution in [3.8, 4) is 0 Å². The lowest BCUT2D eigenvalue weighted by atomic mass is 10.3. The van der Waals surface area contributed by atoms with Crippen LogP contribution in [0.4, 0.5) is 11.4 Å². The molecule has 0 atom stereocenters. The quantitative estimate of drug-likeness (QED) is 0.485. The first-order valence-corrected chi connectivity index (χ1v) is 6.45. The number of nitro groups is 1. The van der Waals surface area contributed by atoms with Crippen LogP contribution in [0, 0.1) is 10.1 Å². The van der Waals surface area contributed by atoms with Crippen LogP contribution in [0.15, 0.2) is 41.0 Å². The highest BCUT2D eigenvalue weighted by molar-refractivity contribution is 6.33. The maximum Gasteiger partial charge on any atom is 0.287 e. The van der Waals surface area contributed by atoms with E-state index in [-0.39, 0.29) is 22.4 Å². The van der Waals surface area contributed by atoms with Crippen LogP contribution >= 0.6 is 11.6 Å². The van der Waals surface area contributed by atoms with Gasteiger partial charge in [-0.15, -0.1) is 0 Å². The molecule has 1 amide bonds. The average Bonchev–Trinajstić information content (AvgIpc) is 2.98. The van der Waals surface area contributed by atoms with Crippen LogP contribution in [-0.2, 0) is 0 Å². The number of hydrogen-bond donors (Lipinski definition) is 2. The van der Waals surface area contributed by atoms with Crippen LogP contribution in [0.25, 0.3) is 0 Å². The zero-order valence-corrected chi connectivity index (χ0v) is 11.6. The number of carbonyl (C=O) groups is 1. The Labute approximate surface area is 125 Å². The Hall–Kier alpha value is -2.54. The second-order valence-electron chi connectivity index (χ2n) is 4.08. The Kier molecular flexibility index (Phi) is 4.78. The summed E-state index contributed by atoms with van der Waals surface area (Å²) in [5.74, 6) is -0.0695. The van der Waals surface area contributed by atoms with E-state index in [2.05, 4.69) is 10.6 Å². The number of hydrogen-bond acceptors (Lipinski definition) is 5. The molecule has 2 rings (SSSR count). The molecule has 0 fully saturated rings. The molecule has 0 bridgehead atoms. The number of anilines is 1. The van der Waals surface area contributed by atoms with Gasteiger partial charge in [-0.1, -0.05) is 11.6 Å². The molecule has 21 heavy (non-hydrogen) atoms. The number of nitro benzene ring substituents is 1. The Morgan fingerprint density at radius 1 is 1.33 bits per heavy atom. The Morgan fingerprint density at radius 3 is 2.76 bits per heavy atom. The Balaban J connectivity index is 1.81. The first-order chi connectivity index (χ1) is 10.1. The minimum atomic E-state index is -0.515. The predicted octanol–water partition coefficient (Wildman–Crippen LogP) is 2.68. The summed E-state index contributed by atoms with van der Waals surface area (Å²) in [5.41, 5.74) is 0.492. The molecular weight excluding hydrogens is 298 g/mol. The van der Waals surface area contributed by atoms with Crippen molar-refractivity contribution in [3.63, 3.8) is 0 Å². The zero-order valence-electron chi connectivity index (χ0n) is 10.8. The van der Waals surface area contributed by atoms with Crippen molar-refractivity contribution in [2.24, 2.45) is 0 Å². The molecule has 1 aromatic carbocycles. The van der Waals surface area contributed by atoms with Gasteiger partial charge in [0.2, 0.25) is 0 Å². The lowest BCUT2D eigenvalue weighted by Crippen LogP contribution is -2.28. The van der Waals surface area contributed by atoms with Crippen LogP contribution in [0.3, 0.4) is 0 Å². The van der Waals surface area contributed by atoms with Crippen LogP contribution in [0.2, 0.25) is 5.02 Å². The highest BCUT2D eigenvalue weighted by Gasteiger charge is 2.10. The van der Waals surface area contributed by atoms with Gasteiger partial charge in [0.15, 0.2) is 5.76 Å². The van der Waals surface area contributed by atoms with Crippen LogP contribution in [0.5, 0.6) is 0 Å². The number of amides is 1. The van der Waals surface area contributed by atoms with E-state index in [0.29, 0.717) is 18.8 Å². The number of non-ortho nitro benzene ring substituents is 1. The van der Waals surface area contributed by atoms with Gasteiger partial charge < -0.3 is 15.1 Å². The summed E-state index contributed by atoms with van der Waals surface area (Å²) in [7, 11) is 0. The third-order valence-electron chi connectivity index (χ3n) is 2.63. The molecule has 0 aliphatic carbocycles. The fourth-order valence-corrected chi connectivity index (χ4v) is 1.87. The maximum atomic E-state index is 11.6. The topological polar surface area (TPSA) is 97.4 Å². The SMILES string of the molecule is O=C(NCCNc1ccc([N+](=O)[O-])cc1Cl)c1ccco1. The van der Waals surface area contributed by atoms with Gasteiger partial charge in [-0.2, -0.15) is 0 Å². The van der Waals surface area contributed by atoms with Gasteiger partial charge in [-0.25, -0.2) is 0 Å². The van der Waals surface area contributed by atoms with Gasteiger partial charge in [-0.05, 0) is 18.2 Å². The Morgan fingerprint density at radius 2 is 2.14 bits per heavy atom. The molecule has 0 unspecified atom stereocenters. The molecule has 0 radical (unpaired) electrons. The molecule has 8 heteroatoms. The highest BCUT2D eigenvalue weighted by Crippen LogP contribution is 2.26. The summed E-state index contributed by atoms with van der Waals surface area (Å²) in [5, 5.41) is 16.5. The largest absolute Gasteiger partial charge is 0.459 e. The second kappa shape index (κ2) is 6.76. The van der Waals surface area contributed by atoms with E-state index < -0.39 is 4.92 Å². The molecule has 2 aromatic rings. The van der Waals surface area contributed by atoms with Gasteiger partial charge in [-0.3, -0.25) is 14.9 Å². The number of rotatable bonds is 6. The minimum Gasteiger partial charge on any atom is -0.459 e. The van der Waals surface area contributed by atoms with E-state index in [1.165, 1.54) is 24.5 Å². The molecule has 0 saturated carbocycles. The molecular formula is C13H12ClN3O4. The number of nitrogens with zero attached hydrogens (tertiary/aromatic N) is 1. The minimum absolute atomic E-state index is 0.0725. The van der Waals surface area contributed by atoms with Gasteiger partial charge in [0.25, 0.3) is 11.6 Å². The molecule has 0 aliphatic rings. The number of carbonyl (C=O) groups excluding carboxylic acids is 1. The summed E-state index contributed by atoms with van der Waals surface area (Å²) >= 11 is 5.93. The Bertz CT molecular complexity index is 643. The summed E-state index contributed by atoms with van der Waals surface area (Å²) < 4.78 is 4.95. The molecule has 1 aromatic heterocycles. The van der Waals surface area contributed by atoms with E-state index in [0.717, 1.165) is 0 Å². The van der Waals surface area contributed by atoms with Crippen molar-refractivity contribution in [1.82, 2.24) is 5.32 Å². The highest BCUT2D eigenvalue weighted by atomic mass is 35.5. The smallest absolute Gasteiger partial charge is 0.287 e. The number of halogens is 1. The average molecular weight is 310 g/mol. The van der Waals surface area contributed by atoms with Crippen molar-refractivity contribution < 1.29 is 14.1 Å². The van der Waals surface area contributed by atoms with Crippen molar-refractivity contribution in [2.45, 2.75) is 0 Å². The molecule has 0 aliphatic heterocycles. The molecule has 2 N–H and O–H groups in total. The van der Waals surface area contributed by atoms with E-state index in [1.54, 1.807) is 12.1 Å². The van der Waals surface area contributed by atoms with Crippen LogP contribution < -0.4 is 10.6 Å². The van der Waals surface area contributed by atoms with E-state index in [9.17, 15) is 14.9 Å². The second-order valence-corrected chi connectivity index (χ2v) is 4.49. The van der Waals surface area contributed by atoms with Gasteiger partial charge in [0.05, 0.1) is 21.9 Å². The maximum absolute atomic E-state index is 11.6. The fraction of sp³-hybridized carbons (Fsp3) is 0.154. The van der Waals surface area contributed by atoms with Crippen molar-refractivity contribution in [3.05, 3.63) is 57.5 Å². The molecule has 7 nitrogen and oxygen atoms in total. The third kappa shape index (κ3) is 3.96. The first-order valence-electron chi connectivity index (χ1n) is 6.07. The van der Waals surface area contributed by atoms with Crippen LogP contribution in [0.1, 0.15) is 10.6 Å². The number of nitrogens with one attached hydrogen (secondary N) is 2. The molecule has 1 heterocycles. The third-order valence-corrected chi connectivity index (χ3v) is 2.95. The number of benzene rings is 1. The molecule has 0 saturated heterocycles. The lowest BCUT2D eigenvalue weighted by Gasteiger charge is -2.08. The lowest BCUT2D eigenvalue weighted by molar-refractivity contribution is -0.384. The summed E-state index contributed by atoms with van der Waals surface area (Å²) in [4.78, 5) is 21.6. The first kappa shape index (κ1) is 14.9. The predicted molar refractivity (Wildman–Crippen MR) is 77.6 cm³/mol. The fourth-order valence-electron chi connectivity index (χ4n) is 1.63. The summed E-state index contributed by atoms with van der Waals surface area (Å²) in [6, 6.07) is 7.34. The monoisotopic (exact) mass is 309 g/mol. The summed E-state index contributed by atoms with van der Waals surface area (Å²) in [6.45, 7) is 0.775. The van der Waals surface area contributed by atoms with Crippen LogP contribution in [-0.4, -0.2) is 23.9 Å². The zero-order chi connectivity index (χ0) is 15.2. The van der Waals surface area contributed by atoms with Crippen molar-refractivity contribution >= 4 is 28.9 Å². The molecule has 0 spiro atoms. The van der Waals surface area contributed by atoms with Gasteiger partial charge in [0.1, 0.15) is 0 Å².